The zero-order valence-corrected chi connectivity index (χ0v) is 17.9. The molecule has 2 aromatic rings. The van der Waals surface area contributed by atoms with E-state index in [1.165, 1.54) is 27.1 Å². The second-order valence-electron chi connectivity index (χ2n) is 5.39. The van der Waals surface area contributed by atoms with E-state index in [2.05, 4.69) is 70.1 Å². The molecule has 0 fully saturated rings. The molecule has 2 aromatic carbocycles. The molecule has 0 aliphatic rings. The van der Waals surface area contributed by atoms with E-state index in [0.717, 1.165) is 7.11 Å². The van der Waals surface area contributed by atoms with E-state index < -0.39 is 18.0 Å². The molecule has 5 nitrogen and oxygen atoms in total. The first-order valence-electron chi connectivity index (χ1n) is 8.18. The van der Waals surface area contributed by atoms with Crippen LogP contribution in [0, 0.1) is 0 Å². The van der Waals surface area contributed by atoms with Gasteiger partial charge >= 0.3 is 114 Å². The second kappa shape index (κ2) is 13.4. The van der Waals surface area contributed by atoms with E-state index in [4.69, 9.17) is 5.11 Å². The van der Waals surface area contributed by atoms with E-state index >= 15 is 0 Å². The van der Waals surface area contributed by atoms with Gasteiger partial charge in [0, 0.05) is 0 Å². The molecule has 1 atom stereocenters. The van der Waals surface area contributed by atoms with Gasteiger partial charge in [-0.05, 0) is 0 Å². The molecule has 2 radical (unpaired) electrons. The van der Waals surface area contributed by atoms with Crippen LogP contribution in [-0.4, -0.2) is 58.5 Å². The zero-order valence-electron chi connectivity index (χ0n) is 15.1. The van der Waals surface area contributed by atoms with Crippen molar-refractivity contribution in [2.24, 2.45) is 0 Å². The van der Waals surface area contributed by atoms with Crippen molar-refractivity contribution in [1.29, 1.82) is 0 Å². The van der Waals surface area contributed by atoms with Crippen molar-refractivity contribution in [1.82, 2.24) is 0 Å². The molecular weight excluding hydrogens is 439 g/mol. The van der Waals surface area contributed by atoms with Gasteiger partial charge in [0.15, 0.2) is 6.10 Å². The summed E-state index contributed by atoms with van der Waals surface area (Å²) in [5.74, 6) is -1.49. The summed E-state index contributed by atoms with van der Waals surface area (Å²) in [4.78, 5) is 20.9. The third kappa shape index (κ3) is 9.58. The van der Waals surface area contributed by atoms with Gasteiger partial charge in [0.05, 0.1) is 20.6 Å². The first-order valence-corrected chi connectivity index (χ1v) is 12.2. The molecular formula is C20H24O5Sn. The Labute approximate surface area is 164 Å². The second-order valence-corrected chi connectivity index (χ2v) is 8.84. The molecule has 1 unspecified atom stereocenters. The predicted molar refractivity (Wildman–Crippen MR) is 101 cm³/mol. The molecule has 0 amide bonds. The van der Waals surface area contributed by atoms with Crippen LogP contribution in [0.15, 0.2) is 60.7 Å². The summed E-state index contributed by atoms with van der Waals surface area (Å²) in [7, 11) is 2.30. The Kier molecular flexibility index (Phi) is 11.4. The number of aliphatic hydroxyl groups is 1. The SMILES string of the molecule is COC(=O)CC(O)C(=O)OC.c1ccc([CH2][Sn][CH2]c2ccccc2)cc1. The first kappa shape index (κ1) is 22.2. The summed E-state index contributed by atoms with van der Waals surface area (Å²) in [5, 5.41) is 8.84. The van der Waals surface area contributed by atoms with Crippen molar-refractivity contribution < 1.29 is 24.2 Å². The quantitative estimate of drug-likeness (QED) is 0.504. The number of esters is 2. The van der Waals surface area contributed by atoms with Crippen LogP contribution in [0.5, 0.6) is 0 Å². The van der Waals surface area contributed by atoms with Crippen molar-refractivity contribution >= 4 is 33.1 Å². The van der Waals surface area contributed by atoms with Gasteiger partial charge in [0.2, 0.25) is 0 Å². The monoisotopic (exact) mass is 464 g/mol. The van der Waals surface area contributed by atoms with Crippen LogP contribution in [0.4, 0.5) is 0 Å². The Bertz CT molecular complexity index is 606. The zero-order chi connectivity index (χ0) is 19.2. The number of carbonyl (C=O) groups is 2. The van der Waals surface area contributed by atoms with Crippen LogP contribution in [0.25, 0.3) is 0 Å². The van der Waals surface area contributed by atoms with Crippen molar-refractivity contribution in [3.8, 4) is 0 Å². The van der Waals surface area contributed by atoms with E-state index in [0.29, 0.717) is 0 Å². The van der Waals surface area contributed by atoms with Gasteiger partial charge in [-0.3, -0.25) is 4.79 Å². The fourth-order valence-corrected chi connectivity index (χ4v) is 5.35. The van der Waals surface area contributed by atoms with Gasteiger partial charge < -0.3 is 14.6 Å². The fraction of sp³-hybridized carbons (Fsp3) is 0.300. The molecule has 0 heterocycles. The minimum atomic E-state index is -1.42. The number of ether oxygens (including phenoxy) is 2. The molecule has 0 aliphatic carbocycles. The number of hydrogen-bond acceptors (Lipinski definition) is 5. The molecule has 0 spiro atoms. The summed E-state index contributed by atoms with van der Waals surface area (Å²) >= 11 is -0.258. The molecule has 1 N–H and O–H groups in total. The average molecular weight is 463 g/mol. The normalized spacial score (nSPS) is 10.9. The molecule has 0 saturated heterocycles. The van der Waals surface area contributed by atoms with Gasteiger partial charge in [-0.1, -0.05) is 0 Å². The summed E-state index contributed by atoms with van der Waals surface area (Å²) in [6, 6.07) is 21.7. The standard InChI is InChI=1S/2C7H7.C6H10O5.Sn/c2*1-7-5-3-2-4-6-7;1-10-5(8)3-4(7)6(9)11-2;/h2*2-6H,1H2;4,7H,3H2,1-2H3;. The third-order valence-corrected chi connectivity index (χ3v) is 7.16. The first-order chi connectivity index (χ1) is 12.6. The molecule has 0 saturated carbocycles. The Morgan fingerprint density at radius 1 is 0.885 bits per heavy atom. The summed E-state index contributed by atoms with van der Waals surface area (Å²) in [6.45, 7) is 0. The number of benzene rings is 2. The van der Waals surface area contributed by atoms with Gasteiger partial charge in [0.1, 0.15) is 0 Å². The molecule has 6 heteroatoms. The maximum absolute atomic E-state index is 10.5. The molecule has 26 heavy (non-hydrogen) atoms. The molecule has 0 aliphatic heterocycles. The number of methoxy groups -OCH3 is 2. The van der Waals surface area contributed by atoms with Crippen molar-refractivity contribution in [2.75, 3.05) is 14.2 Å². The molecule has 0 aromatic heterocycles. The van der Waals surface area contributed by atoms with Crippen LogP contribution in [0.1, 0.15) is 17.5 Å². The molecule has 2 rings (SSSR count). The van der Waals surface area contributed by atoms with Crippen molar-refractivity contribution in [3.63, 3.8) is 0 Å². The van der Waals surface area contributed by atoms with Crippen LogP contribution in [0.3, 0.4) is 0 Å². The fourth-order valence-electron chi connectivity index (χ4n) is 2.00. The number of carbonyl (C=O) groups excluding carboxylic acids is 2. The van der Waals surface area contributed by atoms with Crippen LogP contribution < -0.4 is 0 Å². The molecule has 138 valence electrons. The van der Waals surface area contributed by atoms with E-state index in [1.807, 2.05) is 0 Å². The summed E-state index contributed by atoms with van der Waals surface area (Å²) < 4.78 is 11.1. The Morgan fingerprint density at radius 2 is 1.35 bits per heavy atom. The van der Waals surface area contributed by atoms with E-state index in [-0.39, 0.29) is 27.6 Å². The van der Waals surface area contributed by atoms with E-state index in [9.17, 15) is 9.59 Å². The number of hydrogen-bond donors (Lipinski definition) is 1. The van der Waals surface area contributed by atoms with Crippen LogP contribution in [-0.2, 0) is 27.9 Å². The van der Waals surface area contributed by atoms with Crippen LogP contribution in [0.2, 0.25) is 0 Å². The Morgan fingerprint density at radius 3 is 1.73 bits per heavy atom. The van der Waals surface area contributed by atoms with E-state index in [1.54, 1.807) is 0 Å². The Hall–Kier alpha value is -1.86. The van der Waals surface area contributed by atoms with Gasteiger partial charge in [0.25, 0.3) is 0 Å². The predicted octanol–water partition coefficient (Wildman–Crippen LogP) is 2.17. The summed E-state index contributed by atoms with van der Waals surface area (Å²) in [5.41, 5.74) is 3.03. The third-order valence-electron chi connectivity index (χ3n) is 3.40. The number of rotatable bonds is 7. The maximum atomic E-state index is 10.5. The van der Waals surface area contributed by atoms with Crippen molar-refractivity contribution in [2.45, 2.75) is 21.4 Å². The topological polar surface area (TPSA) is 72.8 Å². The van der Waals surface area contributed by atoms with Crippen LogP contribution >= 0.6 is 0 Å². The Balaban J connectivity index is 0.000000276. The molecule has 0 bridgehead atoms. The van der Waals surface area contributed by atoms with Gasteiger partial charge in [-0.25, -0.2) is 4.79 Å². The van der Waals surface area contributed by atoms with Crippen molar-refractivity contribution in [3.05, 3.63) is 71.8 Å². The summed E-state index contributed by atoms with van der Waals surface area (Å²) in [6.07, 6.45) is -1.80. The van der Waals surface area contributed by atoms with Gasteiger partial charge in [-0.15, -0.1) is 0 Å². The van der Waals surface area contributed by atoms with Gasteiger partial charge in [-0.2, -0.15) is 0 Å². The minimum absolute atomic E-state index is 0.258. The average Bonchev–Trinajstić information content (AvgIpc) is 2.69. The number of aliphatic hydroxyl groups excluding tert-OH is 1.